The molecule has 1 fully saturated rings. The molecule has 2 aromatic carbocycles. The van der Waals surface area contributed by atoms with Crippen LogP contribution in [-0.2, 0) is 6.42 Å². The van der Waals surface area contributed by atoms with Crippen LogP contribution in [0, 0.1) is 6.92 Å². The highest BCUT2D eigenvalue weighted by Gasteiger charge is 2.37. The van der Waals surface area contributed by atoms with Crippen LogP contribution in [0.1, 0.15) is 51.1 Å². The van der Waals surface area contributed by atoms with Crippen molar-refractivity contribution in [3.8, 4) is 0 Å². The summed E-state index contributed by atoms with van der Waals surface area (Å²) in [4.78, 5) is 29.6. The summed E-state index contributed by atoms with van der Waals surface area (Å²) < 4.78 is 0. The summed E-state index contributed by atoms with van der Waals surface area (Å²) in [6.07, 6.45) is 4.08. The number of nitrogens with one attached hydrogen (secondary N) is 1. The van der Waals surface area contributed by atoms with Gasteiger partial charge in [0.25, 0.3) is 11.8 Å². The molecule has 28 heavy (non-hydrogen) atoms. The third-order valence-electron chi connectivity index (χ3n) is 5.87. The maximum absolute atomic E-state index is 12.8. The van der Waals surface area contributed by atoms with Gasteiger partial charge >= 0.3 is 0 Å². The Morgan fingerprint density at radius 3 is 2.71 bits per heavy atom. The van der Waals surface area contributed by atoms with Crippen LogP contribution in [0.3, 0.4) is 0 Å². The lowest BCUT2D eigenvalue weighted by atomic mass is 9.97. The van der Waals surface area contributed by atoms with E-state index in [0.717, 1.165) is 37.9 Å². The Kier molecular flexibility index (Phi) is 5.07. The van der Waals surface area contributed by atoms with Crippen molar-refractivity contribution in [1.29, 1.82) is 0 Å². The lowest BCUT2D eigenvalue weighted by Gasteiger charge is -2.46. The minimum atomic E-state index is -0.0955. The second-order valence-corrected chi connectivity index (χ2v) is 7.81. The van der Waals surface area contributed by atoms with Gasteiger partial charge in [0.05, 0.1) is 11.3 Å². The molecule has 1 atom stereocenters. The Hall–Kier alpha value is -2.82. The molecule has 1 N–H and O–H groups in total. The fourth-order valence-electron chi connectivity index (χ4n) is 4.19. The quantitative estimate of drug-likeness (QED) is 0.889. The summed E-state index contributed by atoms with van der Waals surface area (Å²) in [5.74, 6) is -0.00837. The standard InChI is InChI=1S/C23H27N3O2/c1-16-6-8-17(9-7-16)12-13-24-22(27)18-10-11-19-20(15-18)25(2)21-5-3-4-14-26(21)23(19)28/h6-11,15,21H,3-5,12-14H2,1-2H3,(H,24,27). The Morgan fingerprint density at radius 1 is 1.14 bits per heavy atom. The van der Waals surface area contributed by atoms with Crippen molar-refractivity contribution in [2.75, 3.05) is 25.0 Å². The first-order valence-corrected chi connectivity index (χ1v) is 10.1. The van der Waals surface area contributed by atoms with Gasteiger partial charge in [-0.05, 0) is 56.4 Å². The van der Waals surface area contributed by atoms with E-state index in [2.05, 4.69) is 41.4 Å². The van der Waals surface area contributed by atoms with Crippen molar-refractivity contribution >= 4 is 17.5 Å². The van der Waals surface area contributed by atoms with Crippen LogP contribution in [0.5, 0.6) is 0 Å². The zero-order valence-electron chi connectivity index (χ0n) is 16.6. The van der Waals surface area contributed by atoms with E-state index >= 15 is 0 Å². The molecule has 2 amide bonds. The number of benzene rings is 2. The third-order valence-corrected chi connectivity index (χ3v) is 5.87. The van der Waals surface area contributed by atoms with Crippen LogP contribution >= 0.6 is 0 Å². The van der Waals surface area contributed by atoms with E-state index in [1.165, 1.54) is 11.1 Å². The lowest BCUT2D eigenvalue weighted by molar-refractivity contribution is 0.0589. The summed E-state index contributed by atoms with van der Waals surface area (Å²) >= 11 is 0. The minimum Gasteiger partial charge on any atom is -0.354 e. The largest absolute Gasteiger partial charge is 0.354 e. The van der Waals surface area contributed by atoms with E-state index in [0.29, 0.717) is 17.7 Å². The molecular weight excluding hydrogens is 350 g/mol. The van der Waals surface area contributed by atoms with Gasteiger partial charge in [-0.15, -0.1) is 0 Å². The van der Waals surface area contributed by atoms with Gasteiger partial charge < -0.3 is 15.1 Å². The van der Waals surface area contributed by atoms with E-state index in [9.17, 15) is 9.59 Å². The molecule has 0 bridgehead atoms. The number of hydrogen-bond donors (Lipinski definition) is 1. The van der Waals surface area contributed by atoms with Crippen LogP contribution in [-0.4, -0.2) is 43.0 Å². The number of piperidine rings is 1. The van der Waals surface area contributed by atoms with Crippen molar-refractivity contribution in [3.63, 3.8) is 0 Å². The molecule has 0 saturated carbocycles. The molecule has 2 aliphatic heterocycles. The molecule has 2 aromatic rings. The summed E-state index contributed by atoms with van der Waals surface area (Å²) in [6, 6.07) is 13.8. The van der Waals surface area contributed by atoms with Gasteiger partial charge in [0.1, 0.15) is 6.17 Å². The van der Waals surface area contributed by atoms with Gasteiger partial charge in [-0.25, -0.2) is 0 Å². The number of hydrogen-bond acceptors (Lipinski definition) is 3. The molecule has 0 aromatic heterocycles. The Morgan fingerprint density at radius 2 is 1.93 bits per heavy atom. The van der Waals surface area contributed by atoms with Gasteiger partial charge in [0.15, 0.2) is 0 Å². The van der Waals surface area contributed by atoms with Crippen molar-refractivity contribution < 1.29 is 9.59 Å². The number of carbonyl (C=O) groups is 2. The molecule has 2 heterocycles. The fraction of sp³-hybridized carbons (Fsp3) is 0.391. The van der Waals surface area contributed by atoms with Crippen molar-refractivity contribution in [2.45, 2.75) is 38.8 Å². The molecule has 4 rings (SSSR count). The first kappa shape index (κ1) is 18.5. The van der Waals surface area contributed by atoms with Gasteiger partial charge in [-0.3, -0.25) is 9.59 Å². The van der Waals surface area contributed by atoms with Crippen LogP contribution in [0.4, 0.5) is 5.69 Å². The van der Waals surface area contributed by atoms with Crippen LogP contribution < -0.4 is 10.2 Å². The number of amides is 2. The predicted octanol–water partition coefficient (Wildman–Crippen LogP) is 3.37. The average molecular weight is 377 g/mol. The van der Waals surface area contributed by atoms with E-state index in [1.54, 1.807) is 12.1 Å². The number of nitrogens with zero attached hydrogens (tertiary/aromatic N) is 2. The highest BCUT2D eigenvalue weighted by Crippen LogP contribution is 2.34. The van der Waals surface area contributed by atoms with E-state index < -0.39 is 0 Å². The van der Waals surface area contributed by atoms with E-state index in [1.807, 2.05) is 18.0 Å². The molecule has 2 aliphatic rings. The first-order chi connectivity index (χ1) is 13.5. The topological polar surface area (TPSA) is 52.7 Å². The van der Waals surface area contributed by atoms with Crippen molar-refractivity contribution in [1.82, 2.24) is 10.2 Å². The highest BCUT2D eigenvalue weighted by molar-refractivity contribution is 6.04. The molecule has 0 radical (unpaired) electrons. The molecule has 0 aliphatic carbocycles. The average Bonchev–Trinajstić information content (AvgIpc) is 2.73. The Bertz CT molecular complexity index is 891. The zero-order valence-corrected chi connectivity index (χ0v) is 16.6. The van der Waals surface area contributed by atoms with Gasteiger partial charge in [0, 0.05) is 25.7 Å². The smallest absolute Gasteiger partial charge is 0.257 e. The second kappa shape index (κ2) is 7.66. The summed E-state index contributed by atoms with van der Waals surface area (Å²) in [7, 11) is 2.02. The highest BCUT2D eigenvalue weighted by atomic mass is 16.2. The van der Waals surface area contributed by atoms with Gasteiger partial charge in [-0.2, -0.15) is 0 Å². The van der Waals surface area contributed by atoms with E-state index in [-0.39, 0.29) is 18.0 Å². The molecular formula is C23H27N3O2. The van der Waals surface area contributed by atoms with Gasteiger partial charge in [-0.1, -0.05) is 29.8 Å². The number of anilines is 1. The molecule has 1 saturated heterocycles. The zero-order chi connectivity index (χ0) is 19.7. The Labute approximate surface area is 166 Å². The normalized spacial score (nSPS) is 18.5. The van der Waals surface area contributed by atoms with Crippen LogP contribution in [0.15, 0.2) is 42.5 Å². The van der Waals surface area contributed by atoms with E-state index in [4.69, 9.17) is 0 Å². The monoisotopic (exact) mass is 377 g/mol. The minimum absolute atomic E-state index is 0.0872. The summed E-state index contributed by atoms with van der Waals surface area (Å²) in [5, 5.41) is 3.00. The molecule has 5 heteroatoms. The van der Waals surface area contributed by atoms with Crippen molar-refractivity contribution in [2.24, 2.45) is 0 Å². The number of aryl methyl sites for hydroxylation is 1. The Balaban J connectivity index is 1.46. The second-order valence-electron chi connectivity index (χ2n) is 7.81. The maximum Gasteiger partial charge on any atom is 0.257 e. The molecule has 5 nitrogen and oxygen atoms in total. The number of rotatable bonds is 4. The SMILES string of the molecule is Cc1ccc(CCNC(=O)c2ccc3c(c2)N(C)C2CCCCN2C3=O)cc1. The summed E-state index contributed by atoms with van der Waals surface area (Å²) in [5.41, 5.74) is 4.60. The molecule has 146 valence electrons. The third kappa shape index (κ3) is 3.49. The lowest BCUT2D eigenvalue weighted by Crippen LogP contribution is -2.55. The summed E-state index contributed by atoms with van der Waals surface area (Å²) in [6.45, 7) is 3.47. The number of fused-ring (bicyclic) bond motifs is 2. The van der Waals surface area contributed by atoms with Gasteiger partial charge in [0.2, 0.25) is 0 Å². The molecule has 0 spiro atoms. The fourth-order valence-corrected chi connectivity index (χ4v) is 4.19. The predicted molar refractivity (Wildman–Crippen MR) is 111 cm³/mol. The van der Waals surface area contributed by atoms with Crippen molar-refractivity contribution in [3.05, 3.63) is 64.7 Å². The maximum atomic E-state index is 12.8. The number of carbonyl (C=O) groups excluding carboxylic acids is 2. The van der Waals surface area contributed by atoms with Crippen LogP contribution in [0.2, 0.25) is 0 Å². The molecule has 1 unspecified atom stereocenters. The first-order valence-electron chi connectivity index (χ1n) is 10.1. The van der Waals surface area contributed by atoms with Crippen LogP contribution in [0.25, 0.3) is 0 Å².